The lowest BCUT2D eigenvalue weighted by molar-refractivity contribution is 1.26. The van der Waals surface area contributed by atoms with E-state index in [4.69, 9.17) is 10.7 Å². The molecule has 0 atom stereocenters. The quantitative estimate of drug-likeness (QED) is 0.664. The maximum Gasteiger partial charge on any atom is 0.144 e. The van der Waals surface area contributed by atoms with Crippen LogP contribution in [0.4, 0.5) is 0 Å². The minimum atomic E-state index is 0.450. The highest BCUT2D eigenvalue weighted by atomic mass is 32.1. The van der Waals surface area contributed by atoms with Crippen LogP contribution in [0.1, 0.15) is 17.1 Å². The highest BCUT2D eigenvalue weighted by molar-refractivity contribution is 7.19. The second-order valence-electron chi connectivity index (χ2n) is 3.47. The number of nitrogens with one attached hydrogen (secondary N) is 1. The molecule has 0 amide bonds. The Labute approximate surface area is 103 Å². The Hall–Kier alpha value is -2.06. The van der Waals surface area contributed by atoms with Crippen LogP contribution < -0.4 is 0 Å². The summed E-state index contributed by atoms with van der Waals surface area (Å²) >= 11 is 1.41. The van der Waals surface area contributed by atoms with Gasteiger partial charge in [-0.1, -0.05) is 17.4 Å². The van der Waals surface area contributed by atoms with Crippen LogP contribution in [-0.4, -0.2) is 16.2 Å². The molecule has 0 saturated heterocycles. The van der Waals surface area contributed by atoms with Gasteiger partial charge in [0.1, 0.15) is 21.4 Å². The molecule has 5 heteroatoms. The van der Waals surface area contributed by atoms with E-state index in [0.29, 0.717) is 17.0 Å². The van der Waals surface area contributed by atoms with E-state index >= 15 is 0 Å². The predicted octanol–water partition coefficient (Wildman–Crippen LogP) is 2.95. The Bertz CT molecular complexity index is 633. The van der Waals surface area contributed by atoms with Crippen LogP contribution in [0.2, 0.25) is 0 Å². The zero-order valence-corrected chi connectivity index (χ0v) is 10.1. The van der Waals surface area contributed by atoms with Crippen LogP contribution in [0.25, 0.3) is 15.9 Å². The van der Waals surface area contributed by atoms with Gasteiger partial charge in [-0.05, 0) is 25.3 Å². The molecule has 4 nitrogen and oxygen atoms in total. The molecule has 2 heterocycles. The molecule has 0 aliphatic carbocycles. The molecule has 0 saturated carbocycles. The van der Waals surface area contributed by atoms with E-state index in [-0.39, 0.29) is 0 Å². The molecule has 0 radical (unpaired) electrons. The number of pyridine rings is 1. The van der Waals surface area contributed by atoms with Crippen LogP contribution >= 0.6 is 11.3 Å². The molecule has 1 N–H and O–H groups in total. The second-order valence-corrected chi connectivity index (χ2v) is 4.44. The smallest absolute Gasteiger partial charge is 0.144 e. The standard InChI is InChI=1S/C12H10N4S/c1-8-4-5-10-12(15-8)17-11(16-10)9(7-14)3-2-6-13/h3-6,13H,2H2,1H3/b9-3-,13-6?. The summed E-state index contributed by atoms with van der Waals surface area (Å²) in [4.78, 5) is 9.58. The molecule has 0 spiro atoms. The highest BCUT2D eigenvalue weighted by Crippen LogP contribution is 2.25. The largest absolute Gasteiger partial charge is 0.313 e. The number of nitriles is 1. The van der Waals surface area contributed by atoms with E-state index in [1.165, 1.54) is 17.6 Å². The molecule has 0 aliphatic rings. The minimum Gasteiger partial charge on any atom is -0.313 e. The highest BCUT2D eigenvalue weighted by Gasteiger charge is 2.08. The monoisotopic (exact) mass is 242 g/mol. The van der Waals surface area contributed by atoms with Crippen molar-refractivity contribution in [3.8, 4) is 6.07 Å². The van der Waals surface area contributed by atoms with Crippen LogP contribution in [0.3, 0.4) is 0 Å². The molecular weight excluding hydrogens is 232 g/mol. The molecule has 84 valence electrons. The molecule has 2 aromatic heterocycles. The molecule has 0 aromatic carbocycles. The SMILES string of the molecule is Cc1ccc2nc(/C(C#N)=C\CC=N)sc2n1. The van der Waals surface area contributed by atoms with Gasteiger partial charge in [-0.3, -0.25) is 0 Å². The summed E-state index contributed by atoms with van der Waals surface area (Å²) in [5.41, 5.74) is 2.26. The molecule has 17 heavy (non-hydrogen) atoms. The van der Waals surface area contributed by atoms with Crippen LogP contribution in [-0.2, 0) is 0 Å². The van der Waals surface area contributed by atoms with Gasteiger partial charge in [-0.2, -0.15) is 5.26 Å². The summed E-state index contributed by atoms with van der Waals surface area (Å²) in [5, 5.41) is 16.7. The third-order valence-electron chi connectivity index (χ3n) is 2.19. The Morgan fingerprint density at radius 1 is 1.53 bits per heavy atom. The van der Waals surface area contributed by atoms with Gasteiger partial charge < -0.3 is 5.41 Å². The van der Waals surface area contributed by atoms with Gasteiger partial charge in [0.15, 0.2) is 0 Å². The van der Waals surface area contributed by atoms with E-state index in [2.05, 4.69) is 16.0 Å². The number of aromatic nitrogens is 2. The number of rotatable bonds is 3. The second kappa shape index (κ2) is 4.85. The number of allylic oxidation sites excluding steroid dienone is 2. The number of nitrogens with zero attached hydrogens (tertiary/aromatic N) is 3. The Kier molecular flexibility index (Phi) is 3.26. The fraction of sp³-hybridized carbons (Fsp3) is 0.167. The Balaban J connectivity index is 2.49. The maximum absolute atomic E-state index is 9.04. The van der Waals surface area contributed by atoms with Crippen molar-refractivity contribution < 1.29 is 0 Å². The van der Waals surface area contributed by atoms with Crippen molar-refractivity contribution in [2.75, 3.05) is 0 Å². The number of fused-ring (bicyclic) bond motifs is 1. The third-order valence-corrected chi connectivity index (χ3v) is 3.18. The van der Waals surface area contributed by atoms with Crippen molar-refractivity contribution in [2.45, 2.75) is 13.3 Å². The van der Waals surface area contributed by atoms with Gasteiger partial charge in [0.05, 0.1) is 5.57 Å². The summed E-state index contributed by atoms with van der Waals surface area (Å²) in [7, 11) is 0. The summed E-state index contributed by atoms with van der Waals surface area (Å²) < 4.78 is 0. The number of hydrogen-bond acceptors (Lipinski definition) is 5. The van der Waals surface area contributed by atoms with Gasteiger partial charge in [0.2, 0.25) is 0 Å². The van der Waals surface area contributed by atoms with Crippen molar-refractivity contribution in [3.05, 3.63) is 28.9 Å². The van der Waals surface area contributed by atoms with Crippen molar-refractivity contribution >= 4 is 33.5 Å². The molecule has 0 bridgehead atoms. The number of aryl methyl sites for hydroxylation is 1. The lowest BCUT2D eigenvalue weighted by atomic mass is 10.2. The predicted molar refractivity (Wildman–Crippen MR) is 69.1 cm³/mol. The molecule has 2 rings (SSSR count). The van der Waals surface area contributed by atoms with E-state index in [9.17, 15) is 0 Å². The normalized spacial score (nSPS) is 11.4. The zero-order valence-electron chi connectivity index (χ0n) is 9.27. The van der Waals surface area contributed by atoms with Gasteiger partial charge in [0.25, 0.3) is 0 Å². The number of thiazole rings is 1. The first kappa shape index (κ1) is 11.4. The molecular formula is C12H10N4S. The van der Waals surface area contributed by atoms with Gasteiger partial charge in [-0.25, -0.2) is 9.97 Å². The maximum atomic E-state index is 9.04. The van der Waals surface area contributed by atoms with Crippen LogP contribution in [0.5, 0.6) is 0 Å². The number of hydrogen-bond donors (Lipinski definition) is 1. The summed E-state index contributed by atoms with van der Waals surface area (Å²) in [6.07, 6.45) is 3.41. The minimum absolute atomic E-state index is 0.450. The fourth-order valence-corrected chi connectivity index (χ4v) is 2.36. The molecule has 0 fully saturated rings. The summed E-state index contributed by atoms with van der Waals surface area (Å²) in [5.74, 6) is 0. The van der Waals surface area contributed by atoms with E-state index in [1.54, 1.807) is 6.08 Å². The van der Waals surface area contributed by atoms with E-state index in [1.807, 2.05) is 19.1 Å². The first-order valence-corrected chi connectivity index (χ1v) is 5.90. The Morgan fingerprint density at radius 2 is 2.35 bits per heavy atom. The topological polar surface area (TPSA) is 73.4 Å². The molecule has 0 unspecified atom stereocenters. The van der Waals surface area contributed by atoms with Crippen molar-refractivity contribution in [3.63, 3.8) is 0 Å². The van der Waals surface area contributed by atoms with Crippen molar-refractivity contribution in [1.82, 2.24) is 9.97 Å². The average molecular weight is 242 g/mol. The first-order chi connectivity index (χ1) is 8.24. The third kappa shape index (κ3) is 2.37. The summed E-state index contributed by atoms with van der Waals surface area (Å²) in [6.45, 7) is 1.93. The fourth-order valence-electron chi connectivity index (χ4n) is 1.38. The van der Waals surface area contributed by atoms with Crippen LogP contribution in [0.15, 0.2) is 18.2 Å². The van der Waals surface area contributed by atoms with Gasteiger partial charge >= 0.3 is 0 Å². The van der Waals surface area contributed by atoms with E-state index < -0.39 is 0 Å². The van der Waals surface area contributed by atoms with Gasteiger partial charge in [0, 0.05) is 12.1 Å². The Morgan fingerprint density at radius 3 is 3.06 bits per heavy atom. The molecule has 2 aromatic rings. The lowest BCUT2D eigenvalue weighted by Crippen LogP contribution is -1.80. The first-order valence-electron chi connectivity index (χ1n) is 5.08. The van der Waals surface area contributed by atoms with Crippen LogP contribution in [0, 0.1) is 23.7 Å². The zero-order chi connectivity index (χ0) is 12.3. The summed E-state index contributed by atoms with van der Waals surface area (Å²) in [6, 6.07) is 5.91. The lowest BCUT2D eigenvalue weighted by Gasteiger charge is -1.88. The van der Waals surface area contributed by atoms with E-state index in [0.717, 1.165) is 16.0 Å². The van der Waals surface area contributed by atoms with Crippen molar-refractivity contribution in [1.29, 1.82) is 10.7 Å². The van der Waals surface area contributed by atoms with Gasteiger partial charge in [-0.15, -0.1) is 0 Å². The van der Waals surface area contributed by atoms with Crippen molar-refractivity contribution in [2.24, 2.45) is 0 Å². The average Bonchev–Trinajstić information content (AvgIpc) is 2.72. The molecule has 0 aliphatic heterocycles.